The molecule has 5 aromatic rings. The predicted octanol–water partition coefficient (Wildman–Crippen LogP) is 5.94. The highest BCUT2D eigenvalue weighted by molar-refractivity contribution is 6.06. The highest BCUT2D eigenvalue weighted by Crippen LogP contribution is 2.34. The molecule has 1 aromatic heterocycles. The van der Waals surface area contributed by atoms with E-state index >= 15 is 0 Å². The Kier molecular flexibility index (Phi) is 5.30. The van der Waals surface area contributed by atoms with Gasteiger partial charge >= 0.3 is 6.18 Å². The summed E-state index contributed by atoms with van der Waals surface area (Å²) in [7, 11) is 0. The van der Waals surface area contributed by atoms with Gasteiger partial charge in [-0.15, -0.1) is 0 Å². The summed E-state index contributed by atoms with van der Waals surface area (Å²) < 4.78 is 42.2. The summed E-state index contributed by atoms with van der Waals surface area (Å²) in [5, 5.41) is 14.0. The van der Waals surface area contributed by atoms with Crippen molar-refractivity contribution in [2.45, 2.75) is 12.8 Å². The van der Waals surface area contributed by atoms with E-state index in [9.17, 15) is 23.1 Å². The number of carbonyl (C=O) groups is 1. The molecular weight excluding hydrogens is 443 g/mol. The molecule has 4 aromatic carbocycles. The number of benzene rings is 4. The van der Waals surface area contributed by atoms with Gasteiger partial charge < -0.3 is 10.4 Å². The first-order chi connectivity index (χ1) is 16.3. The monoisotopic (exact) mass is 461 g/mol. The first-order valence-electron chi connectivity index (χ1n) is 10.4. The van der Waals surface area contributed by atoms with Crippen molar-refractivity contribution >= 4 is 33.4 Å². The van der Waals surface area contributed by atoms with Crippen molar-refractivity contribution in [2.75, 3.05) is 5.32 Å². The van der Waals surface area contributed by atoms with Crippen molar-refractivity contribution < 1.29 is 23.1 Å². The van der Waals surface area contributed by atoms with Crippen molar-refractivity contribution in [1.82, 2.24) is 9.55 Å². The predicted molar refractivity (Wildman–Crippen MR) is 124 cm³/mol. The number of aliphatic hydroxyl groups is 1. The van der Waals surface area contributed by atoms with Crippen LogP contribution in [0.25, 0.3) is 27.5 Å². The molecule has 170 valence electrons. The Labute approximate surface area is 192 Å². The second-order valence-corrected chi connectivity index (χ2v) is 7.81. The van der Waals surface area contributed by atoms with E-state index in [0.717, 1.165) is 15.3 Å². The van der Waals surface area contributed by atoms with Crippen LogP contribution >= 0.6 is 0 Å². The van der Waals surface area contributed by atoms with Crippen LogP contribution in [0, 0.1) is 0 Å². The van der Waals surface area contributed by atoms with Crippen molar-refractivity contribution in [3.8, 4) is 5.69 Å². The molecule has 0 bridgehead atoms. The molecule has 0 unspecified atom stereocenters. The third-order valence-electron chi connectivity index (χ3n) is 5.55. The fourth-order valence-electron chi connectivity index (χ4n) is 3.90. The van der Waals surface area contributed by atoms with Gasteiger partial charge in [0, 0.05) is 16.9 Å². The van der Waals surface area contributed by atoms with E-state index in [1.807, 2.05) is 30.3 Å². The quantitative estimate of drug-likeness (QED) is 0.348. The van der Waals surface area contributed by atoms with Gasteiger partial charge in [0.2, 0.25) is 5.82 Å². The summed E-state index contributed by atoms with van der Waals surface area (Å²) in [4.78, 5) is 16.5. The standard InChI is InChI=1S/C26H18F3N3O2/c27-26(28,29)25-31-22-13-16(15-33)5-12-23(22)32(25)21-10-8-20(9-11-21)30-24(34)19-7-6-17-3-1-2-4-18(17)14-19/h1-14,33H,15H2,(H,30,34). The molecule has 0 fully saturated rings. The molecule has 0 aliphatic heterocycles. The zero-order chi connectivity index (χ0) is 23.9. The molecule has 5 rings (SSSR count). The van der Waals surface area contributed by atoms with Crippen LogP contribution in [0.15, 0.2) is 84.9 Å². The van der Waals surface area contributed by atoms with Gasteiger partial charge in [-0.3, -0.25) is 9.36 Å². The van der Waals surface area contributed by atoms with Crippen molar-refractivity contribution in [3.63, 3.8) is 0 Å². The lowest BCUT2D eigenvalue weighted by Crippen LogP contribution is -2.14. The molecule has 0 atom stereocenters. The number of fused-ring (bicyclic) bond motifs is 2. The number of nitrogens with one attached hydrogen (secondary N) is 1. The van der Waals surface area contributed by atoms with E-state index in [2.05, 4.69) is 10.3 Å². The zero-order valence-electron chi connectivity index (χ0n) is 17.7. The van der Waals surface area contributed by atoms with Crippen molar-refractivity contribution in [1.29, 1.82) is 0 Å². The summed E-state index contributed by atoms with van der Waals surface area (Å²) >= 11 is 0. The first kappa shape index (κ1) is 21.7. The minimum Gasteiger partial charge on any atom is -0.392 e. The maximum Gasteiger partial charge on any atom is 0.450 e. The normalized spacial score (nSPS) is 11.8. The molecular formula is C26H18F3N3O2. The van der Waals surface area contributed by atoms with E-state index in [-0.39, 0.29) is 29.2 Å². The van der Waals surface area contributed by atoms with E-state index in [4.69, 9.17) is 0 Å². The van der Waals surface area contributed by atoms with Crippen LogP contribution in [-0.4, -0.2) is 20.6 Å². The van der Waals surface area contributed by atoms with E-state index < -0.39 is 12.0 Å². The minimum atomic E-state index is -4.68. The Morgan fingerprint density at radius 1 is 0.912 bits per heavy atom. The maximum atomic E-state index is 13.7. The number of aromatic nitrogens is 2. The number of imidazole rings is 1. The van der Waals surface area contributed by atoms with Gasteiger partial charge in [-0.1, -0.05) is 36.4 Å². The highest BCUT2D eigenvalue weighted by atomic mass is 19.4. The second kappa shape index (κ2) is 8.31. The van der Waals surface area contributed by atoms with E-state index in [0.29, 0.717) is 16.8 Å². The molecule has 0 aliphatic carbocycles. The lowest BCUT2D eigenvalue weighted by molar-refractivity contribution is -0.145. The molecule has 5 nitrogen and oxygen atoms in total. The first-order valence-corrected chi connectivity index (χ1v) is 10.4. The molecule has 0 radical (unpaired) electrons. The lowest BCUT2D eigenvalue weighted by atomic mass is 10.1. The number of rotatable bonds is 4. The fraction of sp³-hybridized carbons (Fsp3) is 0.0769. The number of anilines is 1. The Bertz CT molecular complexity index is 1520. The van der Waals surface area contributed by atoms with Gasteiger partial charge in [0.1, 0.15) is 0 Å². The molecule has 1 amide bonds. The second-order valence-electron chi connectivity index (χ2n) is 7.81. The van der Waals surface area contributed by atoms with Crippen LogP contribution in [0.5, 0.6) is 0 Å². The third-order valence-corrected chi connectivity index (χ3v) is 5.55. The lowest BCUT2D eigenvalue weighted by Gasteiger charge is -2.13. The molecule has 0 saturated carbocycles. The van der Waals surface area contributed by atoms with E-state index in [1.54, 1.807) is 30.3 Å². The molecule has 34 heavy (non-hydrogen) atoms. The minimum absolute atomic E-state index is 0.132. The molecule has 2 N–H and O–H groups in total. The maximum absolute atomic E-state index is 13.7. The van der Waals surface area contributed by atoms with Crippen LogP contribution < -0.4 is 5.32 Å². The van der Waals surface area contributed by atoms with Crippen LogP contribution in [0.2, 0.25) is 0 Å². The van der Waals surface area contributed by atoms with Gasteiger partial charge in [0.15, 0.2) is 0 Å². The average molecular weight is 461 g/mol. The largest absolute Gasteiger partial charge is 0.450 e. The summed E-state index contributed by atoms with van der Waals surface area (Å²) in [6, 6.07) is 23.6. The number of aliphatic hydroxyl groups excluding tert-OH is 1. The van der Waals surface area contributed by atoms with Gasteiger partial charge in [-0.2, -0.15) is 13.2 Å². The Morgan fingerprint density at radius 2 is 1.65 bits per heavy atom. The van der Waals surface area contributed by atoms with Gasteiger partial charge in [-0.05, 0) is 64.9 Å². The van der Waals surface area contributed by atoms with Crippen LogP contribution in [0.1, 0.15) is 21.7 Å². The van der Waals surface area contributed by atoms with Crippen LogP contribution in [0.4, 0.5) is 18.9 Å². The fourth-order valence-corrected chi connectivity index (χ4v) is 3.90. The van der Waals surface area contributed by atoms with Crippen LogP contribution in [-0.2, 0) is 12.8 Å². The summed E-state index contributed by atoms with van der Waals surface area (Å²) in [6.07, 6.45) is -4.68. The van der Waals surface area contributed by atoms with Gasteiger partial charge in [-0.25, -0.2) is 4.98 Å². The number of hydrogen-bond donors (Lipinski definition) is 2. The third kappa shape index (κ3) is 3.99. The number of nitrogens with zero attached hydrogens (tertiary/aromatic N) is 2. The van der Waals surface area contributed by atoms with Gasteiger partial charge in [0.25, 0.3) is 5.91 Å². The summed E-state index contributed by atoms with van der Waals surface area (Å²) in [5.41, 5.74) is 2.03. The molecule has 1 heterocycles. The Balaban J connectivity index is 1.46. The Morgan fingerprint density at radius 3 is 2.35 bits per heavy atom. The molecule has 0 spiro atoms. The number of amides is 1. The van der Waals surface area contributed by atoms with Crippen molar-refractivity contribution in [3.05, 3.63) is 102 Å². The van der Waals surface area contributed by atoms with E-state index in [1.165, 1.54) is 24.3 Å². The SMILES string of the molecule is O=C(Nc1ccc(-n2c(C(F)(F)F)nc3cc(CO)ccc32)cc1)c1ccc2ccccc2c1. The molecule has 8 heteroatoms. The number of hydrogen-bond acceptors (Lipinski definition) is 3. The summed E-state index contributed by atoms with van der Waals surface area (Å²) in [6.45, 7) is -0.296. The average Bonchev–Trinajstić information content (AvgIpc) is 3.23. The summed E-state index contributed by atoms with van der Waals surface area (Å²) in [5.74, 6) is -1.38. The molecule has 0 saturated heterocycles. The topological polar surface area (TPSA) is 67.2 Å². The number of halogens is 3. The smallest absolute Gasteiger partial charge is 0.392 e. The van der Waals surface area contributed by atoms with Crippen molar-refractivity contribution in [2.24, 2.45) is 0 Å². The Hall–Kier alpha value is -4.17. The zero-order valence-corrected chi connectivity index (χ0v) is 17.7. The van der Waals surface area contributed by atoms with Crippen LogP contribution in [0.3, 0.4) is 0 Å². The number of alkyl halides is 3. The highest BCUT2D eigenvalue weighted by Gasteiger charge is 2.38. The van der Waals surface area contributed by atoms with Gasteiger partial charge in [0.05, 0.1) is 17.6 Å². The molecule has 0 aliphatic rings. The number of carbonyl (C=O) groups excluding carboxylic acids is 1.